The maximum atomic E-state index is 12.1. The summed E-state index contributed by atoms with van der Waals surface area (Å²) in [5.41, 5.74) is 1.70. The smallest absolute Gasteiger partial charge is 0.223 e. The first kappa shape index (κ1) is 18.7. The van der Waals surface area contributed by atoms with Crippen LogP contribution in [0.5, 0.6) is 0 Å². The maximum Gasteiger partial charge on any atom is 0.223 e. The third kappa shape index (κ3) is 6.09. The second kappa shape index (κ2) is 8.44. The number of allylic oxidation sites excluding steroid dienone is 2. The molecule has 0 radical (unpaired) electrons. The fourth-order valence-electron chi connectivity index (χ4n) is 2.74. The summed E-state index contributed by atoms with van der Waals surface area (Å²) in [7, 11) is -3.31. The van der Waals surface area contributed by atoms with Crippen molar-refractivity contribution in [1.82, 2.24) is 10.0 Å². The van der Waals surface area contributed by atoms with E-state index in [-0.39, 0.29) is 23.6 Å². The Morgan fingerprint density at radius 3 is 2.42 bits per heavy atom. The molecule has 5 nitrogen and oxygen atoms in total. The topological polar surface area (TPSA) is 75.3 Å². The van der Waals surface area contributed by atoms with Crippen LogP contribution in [0.4, 0.5) is 0 Å². The summed E-state index contributed by atoms with van der Waals surface area (Å²) in [5, 5.41) is 2.96. The monoisotopic (exact) mass is 350 g/mol. The number of sulfonamides is 1. The number of rotatable bonds is 7. The van der Waals surface area contributed by atoms with Crippen LogP contribution in [-0.2, 0) is 27.1 Å². The summed E-state index contributed by atoms with van der Waals surface area (Å²) in [5.74, 6) is 0.125. The van der Waals surface area contributed by atoms with Gasteiger partial charge >= 0.3 is 0 Å². The third-order valence-corrected chi connectivity index (χ3v) is 5.45. The Morgan fingerprint density at radius 2 is 1.83 bits per heavy atom. The summed E-state index contributed by atoms with van der Waals surface area (Å²) in [6.07, 6.45) is 6.86. The van der Waals surface area contributed by atoms with E-state index in [0.717, 1.165) is 30.4 Å². The van der Waals surface area contributed by atoms with Gasteiger partial charge in [0.25, 0.3) is 0 Å². The highest BCUT2D eigenvalue weighted by atomic mass is 32.2. The summed E-state index contributed by atoms with van der Waals surface area (Å²) in [6.45, 7) is 4.06. The van der Waals surface area contributed by atoms with Crippen molar-refractivity contribution in [2.45, 2.75) is 51.4 Å². The number of amides is 1. The van der Waals surface area contributed by atoms with Gasteiger partial charge in [0.2, 0.25) is 15.9 Å². The van der Waals surface area contributed by atoms with Gasteiger partial charge in [-0.1, -0.05) is 36.4 Å². The molecule has 0 unspecified atom stereocenters. The van der Waals surface area contributed by atoms with Crippen molar-refractivity contribution in [3.05, 3.63) is 47.5 Å². The lowest BCUT2D eigenvalue weighted by Crippen LogP contribution is -2.31. The predicted octanol–water partition coefficient (Wildman–Crippen LogP) is 2.49. The summed E-state index contributed by atoms with van der Waals surface area (Å²) >= 11 is 0. The minimum absolute atomic E-state index is 0.0355. The first-order valence-electron chi connectivity index (χ1n) is 8.36. The molecule has 0 fully saturated rings. The van der Waals surface area contributed by atoms with E-state index in [0.29, 0.717) is 6.54 Å². The predicted molar refractivity (Wildman–Crippen MR) is 95.7 cm³/mol. The molecule has 0 aromatic heterocycles. The molecule has 1 aromatic rings. The number of hydrogen-bond acceptors (Lipinski definition) is 3. The van der Waals surface area contributed by atoms with Crippen molar-refractivity contribution in [3.8, 4) is 0 Å². The van der Waals surface area contributed by atoms with Crippen molar-refractivity contribution in [2.75, 3.05) is 0 Å². The van der Waals surface area contributed by atoms with Crippen LogP contribution in [0, 0.1) is 5.92 Å². The second-order valence-electron chi connectivity index (χ2n) is 6.55. The van der Waals surface area contributed by atoms with E-state index in [1.54, 1.807) is 26.0 Å². The number of hydrogen-bond donors (Lipinski definition) is 2. The van der Waals surface area contributed by atoms with Crippen molar-refractivity contribution in [2.24, 2.45) is 5.92 Å². The molecule has 1 amide bonds. The van der Waals surface area contributed by atoms with Crippen LogP contribution in [0.15, 0.2) is 36.4 Å². The molecule has 0 spiro atoms. The Kier molecular flexibility index (Phi) is 6.57. The normalized spacial score (nSPS) is 17.9. The zero-order chi connectivity index (χ0) is 17.6. The first-order valence-corrected chi connectivity index (χ1v) is 10.0. The fraction of sp³-hybridized carbons (Fsp3) is 0.500. The Labute approximate surface area is 144 Å². The molecule has 1 aliphatic carbocycles. The van der Waals surface area contributed by atoms with E-state index >= 15 is 0 Å². The molecule has 1 aliphatic rings. The van der Waals surface area contributed by atoms with E-state index in [4.69, 9.17) is 0 Å². The van der Waals surface area contributed by atoms with Crippen LogP contribution in [0.2, 0.25) is 0 Å². The molecular weight excluding hydrogens is 324 g/mol. The van der Waals surface area contributed by atoms with Gasteiger partial charge in [-0.3, -0.25) is 4.79 Å². The molecule has 0 bridgehead atoms. The van der Waals surface area contributed by atoms with Gasteiger partial charge in [0.15, 0.2) is 0 Å². The van der Waals surface area contributed by atoms with Crippen LogP contribution in [-0.4, -0.2) is 20.4 Å². The highest BCUT2D eigenvalue weighted by Crippen LogP contribution is 2.18. The Morgan fingerprint density at radius 1 is 1.17 bits per heavy atom. The van der Waals surface area contributed by atoms with Gasteiger partial charge < -0.3 is 5.32 Å². The van der Waals surface area contributed by atoms with Crippen LogP contribution in [0.3, 0.4) is 0 Å². The maximum absolute atomic E-state index is 12.1. The zero-order valence-electron chi connectivity index (χ0n) is 14.3. The average molecular weight is 350 g/mol. The number of nitrogens with one attached hydrogen (secondary N) is 2. The molecule has 0 heterocycles. The van der Waals surface area contributed by atoms with E-state index in [1.807, 2.05) is 12.1 Å². The minimum Gasteiger partial charge on any atom is -0.352 e. The molecule has 24 heavy (non-hydrogen) atoms. The molecular formula is C18H26N2O3S. The quantitative estimate of drug-likeness (QED) is 0.742. The first-order chi connectivity index (χ1) is 11.4. The summed E-state index contributed by atoms with van der Waals surface area (Å²) < 4.78 is 26.4. The Bertz CT molecular complexity index is 679. The van der Waals surface area contributed by atoms with Gasteiger partial charge in [0, 0.05) is 18.5 Å². The highest BCUT2D eigenvalue weighted by Gasteiger charge is 2.18. The standard InChI is InChI=1S/C18H26N2O3S/c1-14(2)20-24(22,23)13-16-10-8-15(9-11-16)12-19-18(21)17-6-4-3-5-7-17/h3-4,8-11,14,17,20H,5-7,12-13H2,1-2H3,(H,19,21)/t17-/m0/s1. The lowest BCUT2D eigenvalue weighted by molar-refractivity contribution is -0.125. The van der Waals surface area contributed by atoms with E-state index < -0.39 is 10.0 Å². The number of carbonyl (C=O) groups excluding carboxylic acids is 1. The highest BCUT2D eigenvalue weighted by molar-refractivity contribution is 7.88. The van der Waals surface area contributed by atoms with Crippen molar-refractivity contribution < 1.29 is 13.2 Å². The van der Waals surface area contributed by atoms with Gasteiger partial charge in [-0.25, -0.2) is 13.1 Å². The number of benzene rings is 1. The van der Waals surface area contributed by atoms with Crippen LogP contribution in [0.25, 0.3) is 0 Å². The van der Waals surface area contributed by atoms with Gasteiger partial charge in [0.05, 0.1) is 5.75 Å². The molecule has 1 atom stereocenters. The summed E-state index contributed by atoms with van der Waals surface area (Å²) in [4.78, 5) is 12.1. The van der Waals surface area contributed by atoms with Crippen LogP contribution in [0.1, 0.15) is 44.2 Å². The lowest BCUT2D eigenvalue weighted by atomic mass is 9.93. The van der Waals surface area contributed by atoms with Gasteiger partial charge in [-0.15, -0.1) is 0 Å². The molecule has 132 valence electrons. The molecule has 1 aromatic carbocycles. The minimum atomic E-state index is -3.31. The van der Waals surface area contributed by atoms with Crippen LogP contribution < -0.4 is 10.0 Å². The molecule has 0 saturated carbocycles. The van der Waals surface area contributed by atoms with Crippen molar-refractivity contribution in [3.63, 3.8) is 0 Å². The molecule has 6 heteroatoms. The van der Waals surface area contributed by atoms with Crippen LogP contribution >= 0.6 is 0 Å². The van der Waals surface area contributed by atoms with E-state index in [2.05, 4.69) is 22.2 Å². The molecule has 0 saturated heterocycles. The van der Waals surface area contributed by atoms with E-state index in [9.17, 15) is 13.2 Å². The van der Waals surface area contributed by atoms with Gasteiger partial charge in [0.1, 0.15) is 0 Å². The largest absolute Gasteiger partial charge is 0.352 e. The van der Waals surface area contributed by atoms with E-state index in [1.165, 1.54) is 0 Å². The van der Waals surface area contributed by atoms with Crippen molar-refractivity contribution >= 4 is 15.9 Å². The number of carbonyl (C=O) groups is 1. The van der Waals surface area contributed by atoms with Gasteiger partial charge in [-0.05, 0) is 44.2 Å². The van der Waals surface area contributed by atoms with Crippen molar-refractivity contribution in [1.29, 1.82) is 0 Å². The lowest BCUT2D eigenvalue weighted by Gasteiger charge is -2.17. The second-order valence-corrected chi connectivity index (χ2v) is 8.30. The molecule has 2 rings (SSSR count). The third-order valence-electron chi connectivity index (χ3n) is 3.90. The zero-order valence-corrected chi connectivity index (χ0v) is 15.1. The van der Waals surface area contributed by atoms with Gasteiger partial charge in [-0.2, -0.15) is 0 Å². The average Bonchev–Trinajstić information content (AvgIpc) is 2.53. The SMILES string of the molecule is CC(C)NS(=O)(=O)Cc1ccc(CNC(=O)[C@H]2CC=CCC2)cc1. The Hall–Kier alpha value is -1.66. The summed E-state index contributed by atoms with van der Waals surface area (Å²) in [6, 6.07) is 7.20. The molecule has 2 N–H and O–H groups in total. The Balaban J connectivity index is 1.85. The molecule has 0 aliphatic heterocycles. The fourth-order valence-corrected chi connectivity index (χ4v) is 4.17.